The molecule has 0 atom stereocenters. The lowest BCUT2D eigenvalue weighted by molar-refractivity contribution is -0.126. The maximum absolute atomic E-state index is 12.5. The average molecular weight is 400 g/mol. The molecule has 1 fully saturated rings. The molecule has 1 aliphatic heterocycles. The number of anilines is 1. The number of rotatable bonds is 6. The first kappa shape index (κ1) is 19.6. The van der Waals surface area contributed by atoms with Crippen LogP contribution in [-0.2, 0) is 11.4 Å². The van der Waals surface area contributed by atoms with E-state index in [4.69, 9.17) is 4.74 Å². The Hall–Kier alpha value is -3.67. The molecule has 0 N–H and O–H groups in total. The summed E-state index contributed by atoms with van der Waals surface area (Å²) in [6.45, 7) is 3.32. The van der Waals surface area contributed by atoms with E-state index in [9.17, 15) is 4.79 Å². The van der Waals surface area contributed by atoms with Crippen LogP contribution in [0.15, 0.2) is 79.1 Å². The number of hydrogen-bond donors (Lipinski definition) is 0. The van der Waals surface area contributed by atoms with Gasteiger partial charge in [0, 0.05) is 44.6 Å². The van der Waals surface area contributed by atoms with Gasteiger partial charge in [-0.1, -0.05) is 42.5 Å². The fourth-order valence-electron chi connectivity index (χ4n) is 3.27. The minimum atomic E-state index is 0.0213. The Morgan fingerprint density at radius 3 is 2.30 bits per heavy atom. The van der Waals surface area contributed by atoms with Crippen molar-refractivity contribution < 1.29 is 9.53 Å². The number of benzene rings is 2. The molecule has 0 radical (unpaired) electrons. The highest BCUT2D eigenvalue weighted by molar-refractivity contribution is 5.92. The number of ether oxygens (including phenoxy) is 1. The third-order valence-corrected chi connectivity index (χ3v) is 4.97. The summed E-state index contributed by atoms with van der Waals surface area (Å²) in [7, 11) is 0. The zero-order valence-electron chi connectivity index (χ0n) is 16.7. The smallest absolute Gasteiger partial charge is 0.246 e. The van der Waals surface area contributed by atoms with Gasteiger partial charge in [0.2, 0.25) is 11.9 Å². The molecule has 1 aliphatic rings. The standard InChI is InChI=1S/C24H24N4O2/c29-23(27-15-17-28(18-16-27)24-25-13-4-14-26-24)12-9-20-7-10-22(11-8-20)30-19-21-5-2-1-3-6-21/h1-14H,15-19H2/b12-9+. The van der Waals surface area contributed by atoms with Gasteiger partial charge >= 0.3 is 0 Å². The van der Waals surface area contributed by atoms with Gasteiger partial charge in [-0.3, -0.25) is 4.79 Å². The van der Waals surface area contributed by atoms with Gasteiger partial charge in [-0.15, -0.1) is 0 Å². The zero-order chi connectivity index (χ0) is 20.6. The van der Waals surface area contributed by atoms with Crippen molar-refractivity contribution in [2.75, 3.05) is 31.1 Å². The molecule has 3 aromatic rings. The summed E-state index contributed by atoms with van der Waals surface area (Å²) < 4.78 is 5.80. The quantitative estimate of drug-likeness (QED) is 0.594. The number of carbonyl (C=O) groups excluding carboxylic acids is 1. The molecule has 1 aromatic heterocycles. The highest BCUT2D eigenvalue weighted by Gasteiger charge is 2.20. The number of nitrogens with zero attached hydrogens (tertiary/aromatic N) is 4. The van der Waals surface area contributed by atoms with E-state index in [1.807, 2.05) is 65.6 Å². The van der Waals surface area contributed by atoms with Crippen molar-refractivity contribution in [1.82, 2.24) is 14.9 Å². The lowest BCUT2D eigenvalue weighted by Crippen LogP contribution is -2.48. The number of hydrogen-bond acceptors (Lipinski definition) is 5. The monoisotopic (exact) mass is 400 g/mol. The molecule has 2 aromatic carbocycles. The molecule has 0 saturated carbocycles. The van der Waals surface area contributed by atoms with Gasteiger partial charge in [-0.25, -0.2) is 9.97 Å². The van der Waals surface area contributed by atoms with Crippen LogP contribution in [0.4, 0.5) is 5.95 Å². The Kier molecular flexibility index (Phi) is 6.35. The van der Waals surface area contributed by atoms with Crippen molar-refractivity contribution in [2.24, 2.45) is 0 Å². The third-order valence-electron chi connectivity index (χ3n) is 4.97. The van der Waals surface area contributed by atoms with Crippen LogP contribution in [0.1, 0.15) is 11.1 Å². The fourth-order valence-corrected chi connectivity index (χ4v) is 3.27. The summed E-state index contributed by atoms with van der Waals surface area (Å²) in [6, 6.07) is 19.6. The molecule has 0 spiro atoms. The van der Waals surface area contributed by atoms with Crippen LogP contribution in [0.5, 0.6) is 5.75 Å². The van der Waals surface area contributed by atoms with E-state index in [0.717, 1.165) is 35.9 Å². The summed E-state index contributed by atoms with van der Waals surface area (Å²) >= 11 is 0. The number of carbonyl (C=O) groups is 1. The van der Waals surface area contributed by atoms with Gasteiger partial charge in [-0.2, -0.15) is 0 Å². The van der Waals surface area contributed by atoms with Crippen molar-refractivity contribution in [3.63, 3.8) is 0 Å². The molecule has 1 saturated heterocycles. The number of piperazine rings is 1. The predicted octanol–water partition coefficient (Wildman–Crippen LogP) is 3.42. The Morgan fingerprint density at radius 2 is 1.60 bits per heavy atom. The van der Waals surface area contributed by atoms with Crippen molar-refractivity contribution in [1.29, 1.82) is 0 Å². The van der Waals surface area contributed by atoms with Gasteiger partial charge in [-0.05, 0) is 35.4 Å². The van der Waals surface area contributed by atoms with Crippen LogP contribution < -0.4 is 9.64 Å². The Bertz CT molecular complexity index is 967. The van der Waals surface area contributed by atoms with E-state index in [0.29, 0.717) is 19.7 Å². The molecular formula is C24H24N4O2. The Morgan fingerprint density at radius 1 is 0.900 bits per heavy atom. The highest BCUT2D eigenvalue weighted by atomic mass is 16.5. The van der Waals surface area contributed by atoms with Gasteiger partial charge in [0.25, 0.3) is 0 Å². The molecule has 2 heterocycles. The van der Waals surface area contributed by atoms with E-state index in [-0.39, 0.29) is 5.91 Å². The SMILES string of the molecule is O=C(/C=C/c1ccc(OCc2ccccc2)cc1)N1CCN(c2ncccn2)CC1. The minimum Gasteiger partial charge on any atom is -0.489 e. The maximum atomic E-state index is 12.5. The van der Waals surface area contributed by atoms with Crippen molar-refractivity contribution >= 4 is 17.9 Å². The van der Waals surface area contributed by atoms with Gasteiger partial charge in [0.1, 0.15) is 12.4 Å². The molecule has 4 rings (SSSR count). The summed E-state index contributed by atoms with van der Waals surface area (Å²) in [4.78, 5) is 25.0. The highest BCUT2D eigenvalue weighted by Crippen LogP contribution is 2.16. The molecular weight excluding hydrogens is 376 g/mol. The lowest BCUT2D eigenvalue weighted by Gasteiger charge is -2.34. The molecule has 0 unspecified atom stereocenters. The lowest BCUT2D eigenvalue weighted by atomic mass is 10.2. The maximum Gasteiger partial charge on any atom is 0.246 e. The minimum absolute atomic E-state index is 0.0213. The molecule has 6 heteroatoms. The van der Waals surface area contributed by atoms with E-state index in [2.05, 4.69) is 14.9 Å². The Labute approximate surface area is 176 Å². The number of aromatic nitrogens is 2. The van der Waals surface area contributed by atoms with Gasteiger partial charge in [0.15, 0.2) is 0 Å². The molecule has 30 heavy (non-hydrogen) atoms. The first-order chi connectivity index (χ1) is 14.8. The normalized spacial score (nSPS) is 14.1. The second-order valence-electron chi connectivity index (χ2n) is 7.04. The molecule has 152 valence electrons. The third kappa shape index (κ3) is 5.23. The molecule has 1 amide bonds. The molecule has 0 bridgehead atoms. The predicted molar refractivity (Wildman–Crippen MR) is 117 cm³/mol. The first-order valence-electron chi connectivity index (χ1n) is 10.0. The average Bonchev–Trinajstić information content (AvgIpc) is 2.83. The van der Waals surface area contributed by atoms with Gasteiger partial charge in [0.05, 0.1) is 0 Å². The molecule has 0 aliphatic carbocycles. The second-order valence-corrected chi connectivity index (χ2v) is 7.04. The second kappa shape index (κ2) is 9.69. The fraction of sp³-hybridized carbons (Fsp3) is 0.208. The molecule has 6 nitrogen and oxygen atoms in total. The van der Waals surface area contributed by atoms with Crippen LogP contribution in [-0.4, -0.2) is 47.0 Å². The van der Waals surface area contributed by atoms with E-state index >= 15 is 0 Å². The van der Waals surface area contributed by atoms with Crippen molar-refractivity contribution in [2.45, 2.75) is 6.61 Å². The zero-order valence-corrected chi connectivity index (χ0v) is 16.7. The summed E-state index contributed by atoms with van der Waals surface area (Å²) in [5.41, 5.74) is 2.10. The van der Waals surface area contributed by atoms with Crippen LogP contribution in [0, 0.1) is 0 Å². The summed E-state index contributed by atoms with van der Waals surface area (Å²) in [6.07, 6.45) is 6.95. The summed E-state index contributed by atoms with van der Waals surface area (Å²) in [5.74, 6) is 1.55. The van der Waals surface area contributed by atoms with E-state index in [1.54, 1.807) is 24.5 Å². The van der Waals surface area contributed by atoms with E-state index < -0.39 is 0 Å². The van der Waals surface area contributed by atoms with Crippen molar-refractivity contribution in [3.8, 4) is 5.75 Å². The number of amides is 1. The first-order valence-corrected chi connectivity index (χ1v) is 10.0. The van der Waals surface area contributed by atoms with Crippen molar-refractivity contribution in [3.05, 3.63) is 90.3 Å². The van der Waals surface area contributed by atoms with E-state index in [1.165, 1.54) is 0 Å². The summed E-state index contributed by atoms with van der Waals surface area (Å²) in [5, 5.41) is 0. The van der Waals surface area contributed by atoms with Crippen LogP contribution in [0.25, 0.3) is 6.08 Å². The van der Waals surface area contributed by atoms with Crippen LogP contribution in [0.3, 0.4) is 0 Å². The van der Waals surface area contributed by atoms with Crippen LogP contribution >= 0.6 is 0 Å². The Balaban J connectivity index is 1.26. The van der Waals surface area contributed by atoms with Gasteiger partial charge < -0.3 is 14.5 Å². The topological polar surface area (TPSA) is 58.6 Å². The van der Waals surface area contributed by atoms with Crippen LogP contribution in [0.2, 0.25) is 0 Å². The largest absolute Gasteiger partial charge is 0.489 e.